The minimum absolute atomic E-state index is 0.561. The number of benzene rings is 2. The molecule has 0 nitrogen and oxygen atoms in total. The first-order chi connectivity index (χ1) is 9.83. The third-order valence-corrected chi connectivity index (χ3v) is 4.70. The van der Waals surface area contributed by atoms with Crippen LogP contribution in [0.2, 0.25) is 0 Å². The lowest BCUT2D eigenvalue weighted by molar-refractivity contribution is 0.663. The molecule has 0 N–H and O–H groups in total. The molecular weight excluding hydrogens is 240 g/mol. The molecular formula is C20H18. The van der Waals surface area contributed by atoms with Crippen LogP contribution in [0.1, 0.15) is 47.4 Å². The largest absolute Gasteiger partial charge is 0.0763 e. The van der Waals surface area contributed by atoms with E-state index < -0.39 is 0 Å². The van der Waals surface area contributed by atoms with Gasteiger partial charge < -0.3 is 0 Å². The number of rotatable bonds is 2. The lowest BCUT2D eigenvalue weighted by Gasteiger charge is -2.19. The number of hydrogen-bond donors (Lipinski definition) is 0. The van der Waals surface area contributed by atoms with Crippen molar-refractivity contribution in [1.82, 2.24) is 0 Å². The lowest BCUT2D eigenvalue weighted by Crippen LogP contribution is -2.03. The van der Waals surface area contributed by atoms with Crippen LogP contribution < -0.4 is 0 Å². The van der Waals surface area contributed by atoms with E-state index in [2.05, 4.69) is 73.7 Å². The molecule has 2 aliphatic carbocycles. The van der Waals surface area contributed by atoms with Crippen molar-refractivity contribution in [2.24, 2.45) is 0 Å². The van der Waals surface area contributed by atoms with Crippen LogP contribution in [0.3, 0.4) is 0 Å². The predicted molar refractivity (Wildman–Crippen MR) is 85.7 cm³/mol. The van der Waals surface area contributed by atoms with E-state index in [1.165, 1.54) is 34.2 Å². The fourth-order valence-corrected chi connectivity index (χ4v) is 3.65. The van der Waals surface area contributed by atoms with E-state index in [0.29, 0.717) is 11.8 Å². The van der Waals surface area contributed by atoms with Gasteiger partial charge in [0, 0.05) is 11.8 Å². The van der Waals surface area contributed by atoms with E-state index in [1.807, 2.05) is 0 Å². The Morgan fingerprint density at radius 3 is 2.40 bits per heavy atom. The second-order valence-electron chi connectivity index (χ2n) is 5.90. The first-order valence-electron chi connectivity index (χ1n) is 7.37. The maximum absolute atomic E-state index is 2.37. The summed E-state index contributed by atoms with van der Waals surface area (Å²) in [6.45, 7) is 2.27. The van der Waals surface area contributed by atoms with E-state index in [4.69, 9.17) is 0 Å². The molecule has 0 heterocycles. The first kappa shape index (κ1) is 11.7. The number of fused-ring (bicyclic) bond motifs is 2. The highest BCUT2D eigenvalue weighted by Gasteiger charge is 2.27. The summed E-state index contributed by atoms with van der Waals surface area (Å²) >= 11 is 0. The summed E-state index contributed by atoms with van der Waals surface area (Å²) in [6, 6.07) is 17.6. The molecule has 0 saturated carbocycles. The third kappa shape index (κ3) is 1.76. The van der Waals surface area contributed by atoms with Crippen molar-refractivity contribution in [3.05, 3.63) is 82.4 Å². The van der Waals surface area contributed by atoms with Crippen LogP contribution >= 0.6 is 0 Å². The fraction of sp³-hybridized carbons (Fsp3) is 0.200. The first-order valence-corrected chi connectivity index (χ1v) is 7.37. The monoisotopic (exact) mass is 258 g/mol. The Labute approximate surface area is 120 Å². The van der Waals surface area contributed by atoms with Crippen molar-refractivity contribution in [2.45, 2.75) is 25.2 Å². The molecule has 0 heteroatoms. The molecule has 98 valence electrons. The molecule has 0 spiro atoms. The van der Waals surface area contributed by atoms with E-state index in [1.54, 1.807) is 0 Å². The Morgan fingerprint density at radius 2 is 1.55 bits per heavy atom. The molecule has 2 atom stereocenters. The van der Waals surface area contributed by atoms with Gasteiger partial charge in [0.15, 0.2) is 0 Å². The molecule has 2 aromatic carbocycles. The van der Waals surface area contributed by atoms with E-state index in [-0.39, 0.29) is 0 Å². The van der Waals surface area contributed by atoms with Gasteiger partial charge in [0.25, 0.3) is 0 Å². The Kier molecular flexibility index (Phi) is 2.63. The van der Waals surface area contributed by atoms with Crippen LogP contribution in [0.15, 0.2) is 60.2 Å². The summed E-state index contributed by atoms with van der Waals surface area (Å²) in [6.07, 6.45) is 8.19. The zero-order valence-corrected chi connectivity index (χ0v) is 11.7. The van der Waals surface area contributed by atoms with Gasteiger partial charge >= 0.3 is 0 Å². The zero-order valence-electron chi connectivity index (χ0n) is 11.7. The predicted octanol–water partition coefficient (Wildman–Crippen LogP) is 5.39. The topological polar surface area (TPSA) is 0 Å². The quantitative estimate of drug-likeness (QED) is 0.677. The van der Waals surface area contributed by atoms with Crippen molar-refractivity contribution < 1.29 is 0 Å². The van der Waals surface area contributed by atoms with Crippen molar-refractivity contribution in [3.63, 3.8) is 0 Å². The third-order valence-electron chi connectivity index (χ3n) is 4.70. The standard InChI is InChI=1S/C20H18/c1-14-12-16-7-3-5-9-19(16)20(14)13-17-11-10-15-6-2-4-8-18(15)17/h2-12,17,20H,13H2,1H3. The van der Waals surface area contributed by atoms with E-state index in [0.717, 1.165) is 0 Å². The van der Waals surface area contributed by atoms with Crippen LogP contribution in [0.5, 0.6) is 0 Å². The van der Waals surface area contributed by atoms with Gasteiger partial charge in [0.1, 0.15) is 0 Å². The Hall–Kier alpha value is -2.08. The van der Waals surface area contributed by atoms with Gasteiger partial charge in [-0.05, 0) is 35.6 Å². The molecule has 0 fully saturated rings. The normalized spacial score (nSPS) is 22.6. The van der Waals surface area contributed by atoms with Crippen LogP contribution in [0, 0.1) is 0 Å². The molecule has 2 unspecified atom stereocenters. The van der Waals surface area contributed by atoms with Crippen molar-refractivity contribution in [2.75, 3.05) is 0 Å². The highest BCUT2D eigenvalue weighted by atomic mass is 14.3. The number of allylic oxidation sites excluding steroid dienone is 2. The van der Waals surface area contributed by atoms with Crippen molar-refractivity contribution >= 4 is 12.2 Å². The maximum atomic E-state index is 2.37. The van der Waals surface area contributed by atoms with E-state index >= 15 is 0 Å². The number of hydrogen-bond acceptors (Lipinski definition) is 0. The Morgan fingerprint density at radius 1 is 0.850 bits per heavy atom. The van der Waals surface area contributed by atoms with Gasteiger partial charge in [-0.1, -0.05) is 72.3 Å². The summed E-state index contributed by atoms with van der Waals surface area (Å²) < 4.78 is 0. The van der Waals surface area contributed by atoms with E-state index in [9.17, 15) is 0 Å². The molecule has 20 heavy (non-hydrogen) atoms. The second kappa shape index (κ2) is 4.49. The smallest absolute Gasteiger partial charge is 0.00634 e. The summed E-state index contributed by atoms with van der Waals surface area (Å²) in [7, 11) is 0. The molecule has 2 aromatic rings. The fourth-order valence-electron chi connectivity index (χ4n) is 3.65. The van der Waals surface area contributed by atoms with Gasteiger partial charge in [-0.3, -0.25) is 0 Å². The molecule has 2 aliphatic rings. The summed E-state index contributed by atoms with van der Waals surface area (Å²) in [5.74, 6) is 1.14. The summed E-state index contributed by atoms with van der Waals surface area (Å²) in [4.78, 5) is 0. The molecule has 0 aromatic heterocycles. The summed E-state index contributed by atoms with van der Waals surface area (Å²) in [5, 5.41) is 0. The molecule has 0 bridgehead atoms. The summed E-state index contributed by atoms with van der Waals surface area (Å²) in [5.41, 5.74) is 7.30. The zero-order chi connectivity index (χ0) is 13.5. The SMILES string of the molecule is CC1=Cc2ccccc2C1CC1C=Cc2ccccc21. The Bertz CT molecular complexity index is 718. The second-order valence-corrected chi connectivity index (χ2v) is 5.90. The van der Waals surface area contributed by atoms with Crippen molar-refractivity contribution in [3.8, 4) is 0 Å². The lowest BCUT2D eigenvalue weighted by atomic mass is 9.84. The van der Waals surface area contributed by atoms with Gasteiger partial charge in [0.2, 0.25) is 0 Å². The minimum atomic E-state index is 0.561. The van der Waals surface area contributed by atoms with Crippen LogP contribution in [0.25, 0.3) is 12.2 Å². The van der Waals surface area contributed by atoms with Gasteiger partial charge in [-0.25, -0.2) is 0 Å². The van der Waals surface area contributed by atoms with Crippen LogP contribution in [-0.4, -0.2) is 0 Å². The molecule has 0 saturated heterocycles. The molecule has 4 rings (SSSR count). The van der Waals surface area contributed by atoms with Crippen molar-refractivity contribution in [1.29, 1.82) is 0 Å². The van der Waals surface area contributed by atoms with Crippen LogP contribution in [-0.2, 0) is 0 Å². The van der Waals surface area contributed by atoms with Gasteiger partial charge in [0.05, 0.1) is 0 Å². The molecule has 0 amide bonds. The van der Waals surface area contributed by atoms with Gasteiger partial charge in [-0.2, -0.15) is 0 Å². The minimum Gasteiger partial charge on any atom is -0.0763 e. The maximum Gasteiger partial charge on any atom is 0.00634 e. The molecule has 0 aliphatic heterocycles. The highest BCUT2D eigenvalue weighted by Crippen LogP contribution is 2.44. The Balaban J connectivity index is 1.66. The average molecular weight is 258 g/mol. The van der Waals surface area contributed by atoms with Crippen LogP contribution in [0.4, 0.5) is 0 Å². The average Bonchev–Trinajstić information content (AvgIpc) is 3.02. The highest BCUT2D eigenvalue weighted by molar-refractivity contribution is 5.67. The molecule has 0 radical (unpaired) electrons. The van der Waals surface area contributed by atoms with Gasteiger partial charge in [-0.15, -0.1) is 0 Å².